The summed E-state index contributed by atoms with van der Waals surface area (Å²) in [6.07, 6.45) is 5.89. The number of benzene rings is 1. The van der Waals surface area contributed by atoms with Crippen molar-refractivity contribution in [1.82, 2.24) is 20.1 Å². The molecule has 0 bridgehead atoms. The molecule has 0 saturated carbocycles. The molecule has 3 rings (SSSR count). The number of Topliss-reactive ketones (excluding diaryl/α,β-unsaturated/α-hetero) is 1. The van der Waals surface area contributed by atoms with E-state index in [2.05, 4.69) is 46.1 Å². The molecule has 24 heavy (non-hydrogen) atoms. The fraction of sp³-hybridized carbons (Fsp3) is 0.316. The number of ketones is 1. The highest BCUT2D eigenvalue weighted by molar-refractivity contribution is 5.88. The lowest BCUT2D eigenvalue weighted by Gasteiger charge is -2.16. The minimum atomic E-state index is 0.205. The van der Waals surface area contributed by atoms with E-state index in [1.54, 1.807) is 6.20 Å². The third-order valence-electron chi connectivity index (χ3n) is 4.28. The van der Waals surface area contributed by atoms with Crippen molar-refractivity contribution in [2.75, 3.05) is 19.6 Å². The SMILES string of the molecule is CCN(CC)CC(=O)Cc1cc2cc(-c3cn[nH]c3)ccc2cn1. The maximum absolute atomic E-state index is 12.2. The third-order valence-corrected chi connectivity index (χ3v) is 4.28. The van der Waals surface area contributed by atoms with Crippen molar-refractivity contribution in [1.29, 1.82) is 0 Å². The first-order valence-corrected chi connectivity index (χ1v) is 8.31. The summed E-state index contributed by atoms with van der Waals surface area (Å²) in [4.78, 5) is 18.8. The fourth-order valence-electron chi connectivity index (χ4n) is 2.83. The van der Waals surface area contributed by atoms with Gasteiger partial charge in [-0.05, 0) is 36.2 Å². The quantitative estimate of drug-likeness (QED) is 0.726. The average molecular weight is 322 g/mol. The number of carbonyl (C=O) groups is 1. The molecule has 1 aromatic carbocycles. The second-order valence-electron chi connectivity index (χ2n) is 5.90. The van der Waals surface area contributed by atoms with E-state index >= 15 is 0 Å². The summed E-state index contributed by atoms with van der Waals surface area (Å²) in [6, 6.07) is 8.23. The molecule has 2 aromatic heterocycles. The minimum absolute atomic E-state index is 0.205. The number of nitrogens with zero attached hydrogens (tertiary/aromatic N) is 3. The lowest BCUT2D eigenvalue weighted by molar-refractivity contribution is -0.119. The molecule has 5 heteroatoms. The maximum atomic E-state index is 12.2. The Labute approximate surface area is 141 Å². The molecular formula is C19H22N4O. The van der Waals surface area contributed by atoms with Crippen LogP contribution < -0.4 is 0 Å². The zero-order valence-corrected chi connectivity index (χ0v) is 14.1. The molecule has 2 heterocycles. The molecule has 0 aliphatic carbocycles. The summed E-state index contributed by atoms with van der Waals surface area (Å²) >= 11 is 0. The number of likely N-dealkylation sites (N-methyl/N-ethyl adjacent to an activating group) is 1. The van der Waals surface area contributed by atoms with Crippen molar-refractivity contribution >= 4 is 16.6 Å². The fourth-order valence-corrected chi connectivity index (χ4v) is 2.83. The topological polar surface area (TPSA) is 61.9 Å². The third kappa shape index (κ3) is 3.68. The smallest absolute Gasteiger partial charge is 0.152 e. The highest BCUT2D eigenvalue weighted by atomic mass is 16.1. The second kappa shape index (κ2) is 7.36. The summed E-state index contributed by atoms with van der Waals surface area (Å²) in [5.41, 5.74) is 2.97. The molecule has 0 unspecified atom stereocenters. The van der Waals surface area contributed by atoms with Gasteiger partial charge in [-0.1, -0.05) is 26.0 Å². The van der Waals surface area contributed by atoms with Gasteiger partial charge in [0.25, 0.3) is 0 Å². The van der Waals surface area contributed by atoms with Gasteiger partial charge in [-0.25, -0.2) is 0 Å². The van der Waals surface area contributed by atoms with Crippen molar-refractivity contribution in [2.24, 2.45) is 0 Å². The Morgan fingerprint density at radius 3 is 2.62 bits per heavy atom. The van der Waals surface area contributed by atoms with Gasteiger partial charge in [0.1, 0.15) is 0 Å². The minimum Gasteiger partial charge on any atom is -0.298 e. The summed E-state index contributed by atoms with van der Waals surface area (Å²) in [5.74, 6) is 0.205. The number of pyridine rings is 1. The predicted molar refractivity (Wildman–Crippen MR) is 95.8 cm³/mol. The van der Waals surface area contributed by atoms with Gasteiger partial charge in [0, 0.05) is 29.0 Å². The molecule has 0 aliphatic rings. The zero-order chi connectivity index (χ0) is 16.9. The van der Waals surface area contributed by atoms with Crippen molar-refractivity contribution in [3.63, 3.8) is 0 Å². The summed E-state index contributed by atoms with van der Waals surface area (Å²) in [5, 5.41) is 8.99. The number of hydrogen-bond donors (Lipinski definition) is 1. The maximum Gasteiger partial charge on any atom is 0.152 e. The van der Waals surface area contributed by atoms with Crippen LogP contribution in [0.4, 0.5) is 0 Å². The molecular weight excluding hydrogens is 300 g/mol. The molecule has 0 spiro atoms. The van der Waals surface area contributed by atoms with Crippen molar-refractivity contribution in [3.8, 4) is 11.1 Å². The Balaban J connectivity index is 1.81. The molecule has 0 radical (unpaired) electrons. The van der Waals surface area contributed by atoms with Gasteiger partial charge in [0.15, 0.2) is 5.78 Å². The molecule has 124 valence electrons. The van der Waals surface area contributed by atoms with Crippen LogP contribution in [0.25, 0.3) is 21.9 Å². The van der Waals surface area contributed by atoms with Crippen LogP contribution in [-0.2, 0) is 11.2 Å². The molecule has 5 nitrogen and oxygen atoms in total. The van der Waals surface area contributed by atoms with Crippen LogP contribution in [0, 0.1) is 0 Å². The molecule has 0 aliphatic heterocycles. The monoisotopic (exact) mass is 322 g/mol. The number of aromatic nitrogens is 3. The van der Waals surface area contributed by atoms with Crippen molar-refractivity contribution in [2.45, 2.75) is 20.3 Å². The van der Waals surface area contributed by atoms with Crippen molar-refractivity contribution < 1.29 is 4.79 Å². The summed E-state index contributed by atoms with van der Waals surface area (Å²) in [7, 11) is 0. The van der Waals surface area contributed by atoms with Crippen LogP contribution in [0.2, 0.25) is 0 Å². The van der Waals surface area contributed by atoms with E-state index in [0.717, 1.165) is 40.7 Å². The van der Waals surface area contributed by atoms with E-state index in [1.807, 2.05) is 24.5 Å². The number of rotatable bonds is 7. The second-order valence-corrected chi connectivity index (χ2v) is 5.90. The van der Waals surface area contributed by atoms with Gasteiger partial charge in [-0.2, -0.15) is 5.10 Å². The van der Waals surface area contributed by atoms with Gasteiger partial charge in [-0.3, -0.25) is 19.8 Å². The van der Waals surface area contributed by atoms with Crippen molar-refractivity contribution in [3.05, 3.63) is 48.5 Å². The number of aromatic amines is 1. The lowest BCUT2D eigenvalue weighted by atomic mass is 10.0. The number of fused-ring (bicyclic) bond motifs is 1. The van der Waals surface area contributed by atoms with E-state index in [0.29, 0.717) is 13.0 Å². The van der Waals surface area contributed by atoms with E-state index in [4.69, 9.17) is 0 Å². The Bertz CT molecular complexity index is 823. The number of H-pyrrole nitrogens is 1. The van der Waals surface area contributed by atoms with E-state index in [-0.39, 0.29) is 5.78 Å². The van der Waals surface area contributed by atoms with Gasteiger partial charge >= 0.3 is 0 Å². The summed E-state index contributed by atoms with van der Waals surface area (Å²) in [6.45, 7) is 6.41. The highest BCUT2D eigenvalue weighted by Crippen LogP contribution is 2.23. The van der Waals surface area contributed by atoms with Crippen LogP contribution in [0.1, 0.15) is 19.5 Å². The van der Waals surface area contributed by atoms with Gasteiger partial charge in [0.2, 0.25) is 0 Å². The average Bonchev–Trinajstić information content (AvgIpc) is 3.13. The number of nitrogens with one attached hydrogen (secondary N) is 1. The Kier molecular flexibility index (Phi) is 5.01. The lowest BCUT2D eigenvalue weighted by Crippen LogP contribution is -2.30. The van der Waals surface area contributed by atoms with E-state index in [1.165, 1.54) is 0 Å². The van der Waals surface area contributed by atoms with E-state index in [9.17, 15) is 4.79 Å². The first-order chi connectivity index (χ1) is 11.7. The predicted octanol–water partition coefficient (Wildman–Crippen LogP) is 3.08. The molecule has 0 atom stereocenters. The molecule has 1 N–H and O–H groups in total. The first-order valence-electron chi connectivity index (χ1n) is 8.31. The van der Waals surface area contributed by atoms with Crippen LogP contribution in [0.15, 0.2) is 42.9 Å². The standard InChI is InChI=1S/C19H22N4O/c1-3-23(4-2)13-19(24)9-18-8-16-7-14(17-11-21-22-12-17)5-6-15(16)10-20-18/h5-8,10-12H,3-4,9,13H2,1-2H3,(H,21,22). The van der Waals surface area contributed by atoms with Gasteiger partial charge in [-0.15, -0.1) is 0 Å². The first kappa shape index (κ1) is 16.3. The highest BCUT2D eigenvalue weighted by Gasteiger charge is 2.10. The van der Waals surface area contributed by atoms with Gasteiger partial charge in [0.05, 0.1) is 19.2 Å². The van der Waals surface area contributed by atoms with Crippen LogP contribution in [0.5, 0.6) is 0 Å². The number of carbonyl (C=O) groups excluding carboxylic acids is 1. The molecule has 0 fully saturated rings. The molecule has 3 aromatic rings. The normalized spacial score (nSPS) is 11.3. The number of hydrogen-bond acceptors (Lipinski definition) is 4. The van der Waals surface area contributed by atoms with Crippen LogP contribution in [-0.4, -0.2) is 45.5 Å². The van der Waals surface area contributed by atoms with Gasteiger partial charge < -0.3 is 0 Å². The molecule has 0 saturated heterocycles. The Hall–Kier alpha value is -2.53. The Morgan fingerprint density at radius 2 is 1.92 bits per heavy atom. The molecule has 0 amide bonds. The van der Waals surface area contributed by atoms with Crippen LogP contribution in [0.3, 0.4) is 0 Å². The summed E-state index contributed by atoms with van der Waals surface area (Å²) < 4.78 is 0. The zero-order valence-electron chi connectivity index (χ0n) is 14.1. The van der Waals surface area contributed by atoms with Crippen LogP contribution >= 0.6 is 0 Å². The Morgan fingerprint density at radius 1 is 1.08 bits per heavy atom. The largest absolute Gasteiger partial charge is 0.298 e. The van der Waals surface area contributed by atoms with E-state index < -0.39 is 0 Å².